The molecule has 124 valence electrons. The smallest absolute Gasteiger partial charge is 0.257 e. The number of aryl methyl sites for hydroxylation is 2. The predicted octanol–water partition coefficient (Wildman–Crippen LogP) is 3.57. The number of para-hydroxylation sites is 1. The van der Waals surface area contributed by atoms with Gasteiger partial charge in [-0.2, -0.15) is 0 Å². The SMILES string of the molecule is Cc1ccc(S(C)(=O)=O)cc1C(=O)Nc1nc2c(C)cccc2s1. The lowest BCUT2D eigenvalue weighted by molar-refractivity contribution is 0.102. The molecular weight excluding hydrogens is 344 g/mol. The van der Waals surface area contributed by atoms with E-state index in [1.807, 2.05) is 25.1 Å². The van der Waals surface area contributed by atoms with Gasteiger partial charge in [-0.15, -0.1) is 0 Å². The minimum Gasteiger partial charge on any atom is -0.298 e. The van der Waals surface area contributed by atoms with Crippen molar-refractivity contribution in [1.29, 1.82) is 0 Å². The minimum absolute atomic E-state index is 0.124. The third-order valence-corrected chi connectivity index (χ3v) is 5.77. The molecule has 0 unspecified atom stereocenters. The summed E-state index contributed by atoms with van der Waals surface area (Å²) in [6.45, 7) is 3.73. The molecule has 24 heavy (non-hydrogen) atoms. The van der Waals surface area contributed by atoms with E-state index in [-0.39, 0.29) is 10.8 Å². The number of amides is 1. The average molecular weight is 360 g/mol. The molecule has 1 aromatic heterocycles. The Morgan fingerprint density at radius 2 is 1.88 bits per heavy atom. The lowest BCUT2D eigenvalue weighted by Gasteiger charge is -2.07. The normalized spacial score (nSPS) is 11.6. The fraction of sp³-hybridized carbons (Fsp3) is 0.176. The van der Waals surface area contributed by atoms with Gasteiger partial charge in [0.25, 0.3) is 5.91 Å². The molecule has 0 fully saturated rings. The van der Waals surface area contributed by atoms with E-state index in [4.69, 9.17) is 0 Å². The Hall–Kier alpha value is -2.25. The van der Waals surface area contributed by atoms with Crippen molar-refractivity contribution >= 4 is 42.4 Å². The number of hydrogen-bond acceptors (Lipinski definition) is 5. The molecule has 0 saturated heterocycles. The lowest BCUT2D eigenvalue weighted by Crippen LogP contribution is -2.14. The van der Waals surface area contributed by atoms with Crippen molar-refractivity contribution < 1.29 is 13.2 Å². The highest BCUT2D eigenvalue weighted by molar-refractivity contribution is 7.90. The molecule has 3 rings (SSSR count). The van der Waals surface area contributed by atoms with Crippen LogP contribution in [0, 0.1) is 13.8 Å². The molecule has 5 nitrogen and oxygen atoms in total. The highest BCUT2D eigenvalue weighted by Gasteiger charge is 2.16. The van der Waals surface area contributed by atoms with Gasteiger partial charge in [-0.05, 0) is 43.2 Å². The van der Waals surface area contributed by atoms with E-state index in [2.05, 4.69) is 10.3 Å². The van der Waals surface area contributed by atoms with Gasteiger partial charge in [-0.25, -0.2) is 13.4 Å². The second-order valence-electron chi connectivity index (χ2n) is 5.64. The van der Waals surface area contributed by atoms with Gasteiger partial charge in [0.2, 0.25) is 0 Å². The number of thiazole rings is 1. The predicted molar refractivity (Wildman–Crippen MR) is 96.6 cm³/mol. The van der Waals surface area contributed by atoms with Crippen molar-refractivity contribution in [2.75, 3.05) is 11.6 Å². The van der Waals surface area contributed by atoms with E-state index in [0.717, 1.165) is 22.0 Å². The maximum absolute atomic E-state index is 12.5. The van der Waals surface area contributed by atoms with Gasteiger partial charge < -0.3 is 0 Å². The maximum Gasteiger partial charge on any atom is 0.257 e. The molecule has 0 spiro atoms. The van der Waals surface area contributed by atoms with Crippen LogP contribution in [0.1, 0.15) is 21.5 Å². The van der Waals surface area contributed by atoms with Gasteiger partial charge in [0, 0.05) is 11.8 Å². The molecule has 1 amide bonds. The number of fused-ring (bicyclic) bond motifs is 1. The molecule has 0 radical (unpaired) electrons. The number of benzene rings is 2. The van der Waals surface area contributed by atoms with Gasteiger partial charge in [0.05, 0.1) is 15.1 Å². The molecule has 0 aliphatic rings. The molecule has 3 aromatic rings. The van der Waals surface area contributed by atoms with Crippen molar-refractivity contribution in [3.8, 4) is 0 Å². The first-order valence-corrected chi connectivity index (χ1v) is 9.95. The molecule has 7 heteroatoms. The zero-order valence-electron chi connectivity index (χ0n) is 13.5. The van der Waals surface area contributed by atoms with Gasteiger partial charge in [-0.1, -0.05) is 29.5 Å². The van der Waals surface area contributed by atoms with Crippen LogP contribution in [0.3, 0.4) is 0 Å². The fourth-order valence-electron chi connectivity index (χ4n) is 2.38. The van der Waals surface area contributed by atoms with Gasteiger partial charge in [-0.3, -0.25) is 10.1 Å². The number of aromatic nitrogens is 1. The quantitative estimate of drug-likeness (QED) is 0.775. The Labute approximate surface area is 144 Å². The second kappa shape index (κ2) is 5.99. The number of carbonyl (C=O) groups excluding carboxylic acids is 1. The van der Waals surface area contributed by atoms with Gasteiger partial charge in [0.1, 0.15) is 0 Å². The molecule has 0 atom stereocenters. The van der Waals surface area contributed by atoms with Crippen LogP contribution < -0.4 is 5.32 Å². The van der Waals surface area contributed by atoms with Crippen LogP contribution >= 0.6 is 11.3 Å². The molecule has 1 N–H and O–H groups in total. The number of anilines is 1. The number of sulfone groups is 1. The zero-order chi connectivity index (χ0) is 17.5. The summed E-state index contributed by atoms with van der Waals surface area (Å²) in [7, 11) is -3.37. The zero-order valence-corrected chi connectivity index (χ0v) is 15.1. The lowest BCUT2D eigenvalue weighted by atomic mass is 10.1. The Morgan fingerprint density at radius 1 is 1.12 bits per heavy atom. The Bertz CT molecular complexity index is 1050. The largest absolute Gasteiger partial charge is 0.298 e. The summed E-state index contributed by atoms with van der Waals surface area (Å²) in [4.78, 5) is 17.1. The van der Waals surface area contributed by atoms with Crippen molar-refractivity contribution in [2.45, 2.75) is 18.7 Å². The standard InChI is InChI=1S/C17H16N2O3S2/c1-10-7-8-12(24(3,21)22)9-13(10)16(20)19-17-18-15-11(2)5-4-6-14(15)23-17/h4-9H,1-3H3,(H,18,19,20). The third-order valence-electron chi connectivity index (χ3n) is 3.72. The molecular formula is C17H16N2O3S2. The van der Waals surface area contributed by atoms with Crippen molar-refractivity contribution in [3.05, 3.63) is 53.1 Å². The molecule has 0 aliphatic heterocycles. The second-order valence-corrected chi connectivity index (χ2v) is 8.69. The first-order chi connectivity index (χ1) is 11.3. The van der Waals surface area contributed by atoms with Crippen LogP contribution in [0.2, 0.25) is 0 Å². The van der Waals surface area contributed by atoms with Crippen LogP contribution in [-0.4, -0.2) is 25.6 Å². The summed E-state index contributed by atoms with van der Waals surface area (Å²) >= 11 is 1.39. The molecule has 0 saturated carbocycles. The summed E-state index contributed by atoms with van der Waals surface area (Å²) < 4.78 is 24.4. The number of rotatable bonds is 3. The minimum atomic E-state index is -3.37. The average Bonchev–Trinajstić information content (AvgIpc) is 2.90. The van der Waals surface area contributed by atoms with E-state index in [1.54, 1.807) is 13.0 Å². The summed E-state index contributed by atoms with van der Waals surface area (Å²) in [5.74, 6) is -0.366. The molecule has 1 heterocycles. The Kier molecular flexibility index (Phi) is 4.15. The van der Waals surface area contributed by atoms with E-state index in [0.29, 0.717) is 16.3 Å². The molecule has 0 aliphatic carbocycles. The summed E-state index contributed by atoms with van der Waals surface area (Å²) in [5.41, 5.74) is 2.94. The van der Waals surface area contributed by atoms with Crippen molar-refractivity contribution in [1.82, 2.24) is 4.98 Å². The van der Waals surface area contributed by atoms with Crippen LogP contribution in [0.5, 0.6) is 0 Å². The highest BCUT2D eigenvalue weighted by atomic mass is 32.2. The van der Waals surface area contributed by atoms with E-state index < -0.39 is 9.84 Å². The van der Waals surface area contributed by atoms with Crippen LogP contribution in [0.4, 0.5) is 5.13 Å². The highest BCUT2D eigenvalue weighted by Crippen LogP contribution is 2.28. The fourth-order valence-corrected chi connectivity index (χ4v) is 3.97. The maximum atomic E-state index is 12.5. The first-order valence-electron chi connectivity index (χ1n) is 7.24. The third kappa shape index (κ3) is 3.18. The number of carbonyl (C=O) groups is 1. The van der Waals surface area contributed by atoms with Crippen molar-refractivity contribution in [2.24, 2.45) is 0 Å². The van der Waals surface area contributed by atoms with Crippen molar-refractivity contribution in [3.63, 3.8) is 0 Å². The van der Waals surface area contributed by atoms with Gasteiger partial charge >= 0.3 is 0 Å². The number of nitrogens with zero attached hydrogens (tertiary/aromatic N) is 1. The number of nitrogens with one attached hydrogen (secondary N) is 1. The summed E-state index contributed by atoms with van der Waals surface area (Å²) in [5, 5.41) is 3.26. The molecule has 2 aromatic carbocycles. The topological polar surface area (TPSA) is 76.1 Å². The molecule has 0 bridgehead atoms. The first kappa shape index (κ1) is 16.6. The van der Waals surface area contributed by atoms with Gasteiger partial charge in [0.15, 0.2) is 15.0 Å². The summed E-state index contributed by atoms with van der Waals surface area (Å²) in [6, 6.07) is 10.4. The Morgan fingerprint density at radius 3 is 2.54 bits per heavy atom. The Balaban J connectivity index is 1.95. The van der Waals surface area contributed by atoms with Crippen LogP contribution in [0.15, 0.2) is 41.3 Å². The van der Waals surface area contributed by atoms with E-state index in [1.165, 1.54) is 23.5 Å². The van der Waals surface area contributed by atoms with E-state index in [9.17, 15) is 13.2 Å². The van der Waals surface area contributed by atoms with Crippen LogP contribution in [-0.2, 0) is 9.84 Å². The monoisotopic (exact) mass is 360 g/mol. The van der Waals surface area contributed by atoms with E-state index >= 15 is 0 Å². The number of hydrogen-bond donors (Lipinski definition) is 1. The van der Waals surface area contributed by atoms with Crippen LogP contribution in [0.25, 0.3) is 10.2 Å². The summed E-state index contributed by atoms with van der Waals surface area (Å²) in [6.07, 6.45) is 1.12.